The van der Waals surface area contributed by atoms with E-state index in [1.54, 1.807) is 17.0 Å². The smallest absolute Gasteiger partial charge is 0.321 e. The molecule has 1 saturated heterocycles. The Hall–Kier alpha value is -2.26. The second kappa shape index (κ2) is 6.46. The minimum absolute atomic E-state index is 0.0193. The molecule has 21 heavy (non-hydrogen) atoms. The van der Waals surface area contributed by atoms with E-state index in [1.165, 1.54) is 6.07 Å². The molecule has 1 fully saturated rings. The third kappa shape index (κ3) is 3.86. The van der Waals surface area contributed by atoms with Gasteiger partial charge in [-0.05, 0) is 30.5 Å². The minimum Gasteiger partial charge on any atom is -0.481 e. The summed E-state index contributed by atoms with van der Waals surface area (Å²) in [7, 11) is 0. The van der Waals surface area contributed by atoms with E-state index in [4.69, 9.17) is 22.0 Å². The van der Waals surface area contributed by atoms with Crippen molar-refractivity contribution in [2.75, 3.05) is 18.4 Å². The molecule has 0 saturated carbocycles. The second-order valence-corrected chi connectivity index (χ2v) is 5.34. The Morgan fingerprint density at radius 2 is 2.29 bits per heavy atom. The number of halogens is 1. The molecule has 1 aliphatic heterocycles. The first-order valence-corrected chi connectivity index (χ1v) is 6.84. The number of carbonyl (C=O) groups is 2. The lowest BCUT2D eigenvalue weighted by Gasteiger charge is -2.17. The van der Waals surface area contributed by atoms with Crippen LogP contribution in [0.15, 0.2) is 18.2 Å². The van der Waals surface area contributed by atoms with Crippen LogP contribution in [0.25, 0.3) is 0 Å². The number of carboxylic acid groups (broad SMARTS) is 1. The largest absolute Gasteiger partial charge is 0.481 e. The fourth-order valence-electron chi connectivity index (χ4n) is 2.32. The quantitative estimate of drug-likeness (QED) is 0.897. The molecule has 7 heteroatoms. The zero-order valence-electron chi connectivity index (χ0n) is 11.2. The maximum Gasteiger partial charge on any atom is 0.321 e. The van der Waals surface area contributed by atoms with Gasteiger partial charge in [-0.2, -0.15) is 5.26 Å². The number of anilines is 1. The molecule has 1 aromatic carbocycles. The number of urea groups is 1. The van der Waals surface area contributed by atoms with Crippen molar-refractivity contribution >= 4 is 29.3 Å². The number of hydrogen-bond donors (Lipinski definition) is 2. The lowest BCUT2D eigenvalue weighted by Crippen LogP contribution is -2.33. The molecule has 2 rings (SSSR count). The molecule has 1 atom stereocenters. The summed E-state index contributed by atoms with van der Waals surface area (Å²) in [4.78, 5) is 24.4. The second-order valence-electron chi connectivity index (χ2n) is 4.94. The Bertz CT molecular complexity index is 612. The highest BCUT2D eigenvalue weighted by Crippen LogP contribution is 2.25. The Morgan fingerprint density at radius 1 is 1.52 bits per heavy atom. The third-order valence-electron chi connectivity index (χ3n) is 3.37. The van der Waals surface area contributed by atoms with Gasteiger partial charge in [0.15, 0.2) is 0 Å². The van der Waals surface area contributed by atoms with Gasteiger partial charge in [-0.15, -0.1) is 0 Å². The summed E-state index contributed by atoms with van der Waals surface area (Å²) >= 11 is 5.98. The number of nitrogens with zero attached hydrogens (tertiary/aromatic N) is 2. The Kier molecular flexibility index (Phi) is 4.66. The van der Waals surface area contributed by atoms with Crippen molar-refractivity contribution in [1.82, 2.24) is 4.90 Å². The molecule has 1 unspecified atom stereocenters. The van der Waals surface area contributed by atoms with Crippen molar-refractivity contribution in [3.05, 3.63) is 28.8 Å². The van der Waals surface area contributed by atoms with E-state index >= 15 is 0 Å². The van der Waals surface area contributed by atoms with Crippen molar-refractivity contribution in [2.45, 2.75) is 12.8 Å². The van der Waals surface area contributed by atoms with Gasteiger partial charge in [0.1, 0.15) is 0 Å². The number of likely N-dealkylation sites (tertiary alicyclic amines) is 1. The van der Waals surface area contributed by atoms with Crippen LogP contribution in [-0.2, 0) is 4.79 Å². The van der Waals surface area contributed by atoms with Gasteiger partial charge in [0.05, 0.1) is 22.3 Å². The summed E-state index contributed by atoms with van der Waals surface area (Å²) in [6.07, 6.45) is 0.736. The van der Waals surface area contributed by atoms with Crippen LogP contribution < -0.4 is 5.32 Å². The van der Waals surface area contributed by atoms with Crippen LogP contribution in [0.5, 0.6) is 0 Å². The molecule has 1 aliphatic rings. The normalized spacial score (nSPS) is 17.3. The Labute approximate surface area is 126 Å². The summed E-state index contributed by atoms with van der Waals surface area (Å²) in [5, 5.41) is 20.6. The summed E-state index contributed by atoms with van der Waals surface area (Å²) < 4.78 is 0. The van der Waals surface area contributed by atoms with Gasteiger partial charge in [-0.3, -0.25) is 4.79 Å². The highest BCUT2D eigenvalue weighted by atomic mass is 35.5. The lowest BCUT2D eigenvalue weighted by molar-refractivity contribution is -0.138. The fraction of sp³-hybridized carbons (Fsp3) is 0.357. The van der Waals surface area contributed by atoms with Crippen molar-refractivity contribution in [3.8, 4) is 6.07 Å². The molecule has 0 aromatic heterocycles. The predicted octanol–water partition coefficient (Wildman–Crippen LogP) is 2.54. The molecule has 2 N–H and O–H groups in total. The number of hydrogen-bond acceptors (Lipinski definition) is 3. The maximum atomic E-state index is 12.1. The van der Waals surface area contributed by atoms with Crippen LogP contribution in [0, 0.1) is 17.2 Å². The molecule has 1 heterocycles. The zero-order valence-corrected chi connectivity index (χ0v) is 11.9. The van der Waals surface area contributed by atoms with Gasteiger partial charge in [-0.1, -0.05) is 11.6 Å². The molecule has 110 valence electrons. The van der Waals surface area contributed by atoms with E-state index in [0.29, 0.717) is 35.8 Å². The first-order valence-electron chi connectivity index (χ1n) is 6.47. The number of aliphatic carboxylic acids is 1. The van der Waals surface area contributed by atoms with Gasteiger partial charge in [-0.25, -0.2) is 4.79 Å². The highest BCUT2D eigenvalue weighted by Gasteiger charge is 2.28. The van der Waals surface area contributed by atoms with E-state index in [-0.39, 0.29) is 18.4 Å². The summed E-state index contributed by atoms with van der Waals surface area (Å²) in [5.74, 6) is -0.874. The van der Waals surface area contributed by atoms with E-state index in [9.17, 15) is 9.59 Å². The highest BCUT2D eigenvalue weighted by molar-refractivity contribution is 6.33. The summed E-state index contributed by atoms with van der Waals surface area (Å²) in [6.45, 7) is 0.924. The number of nitriles is 1. The van der Waals surface area contributed by atoms with Gasteiger partial charge < -0.3 is 15.3 Å². The van der Waals surface area contributed by atoms with Crippen LogP contribution in [0.4, 0.5) is 10.5 Å². The van der Waals surface area contributed by atoms with Crippen LogP contribution in [0.2, 0.25) is 5.02 Å². The number of rotatable bonds is 3. The number of nitrogens with one attached hydrogen (secondary N) is 1. The standard InChI is InChI=1S/C14H14ClN3O3/c15-11-2-1-9(7-16)5-12(11)17-14(21)18-4-3-10(8-18)6-13(19)20/h1-2,5,10H,3-4,6,8H2,(H,17,21)(H,19,20). The molecule has 2 amide bonds. The van der Waals surface area contributed by atoms with Crippen molar-refractivity contribution in [1.29, 1.82) is 5.26 Å². The number of carbonyl (C=O) groups excluding carboxylic acids is 1. The Morgan fingerprint density at radius 3 is 2.95 bits per heavy atom. The molecule has 0 aliphatic carbocycles. The van der Waals surface area contributed by atoms with Crippen LogP contribution in [-0.4, -0.2) is 35.1 Å². The van der Waals surface area contributed by atoms with Gasteiger partial charge in [0.2, 0.25) is 0 Å². The van der Waals surface area contributed by atoms with E-state index < -0.39 is 5.97 Å². The first-order chi connectivity index (χ1) is 9.99. The monoisotopic (exact) mass is 307 g/mol. The molecule has 1 aromatic rings. The zero-order chi connectivity index (χ0) is 15.4. The molecule has 0 spiro atoms. The molecular weight excluding hydrogens is 294 g/mol. The minimum atomic E-state index is -0.855. The van der Waals surface area contributed by atoms with Crippen molar-refractivity contribution in [2.24, 2.45) is 5.92 Å². The topological polar surface area (TPSA) is 93.4 Å². The summed E-state index contributed by atoms with van der Waals surface area (Å²) in [5.41, 5.74) is 0.780. The maximum absolute atomic E-state index is 12.1. The average molecular weight is 308 g/mol. The average Bonchev–Trinajstić information content (AvgIpc) is 2.89. The van der Waals surface area contributed by atoms with Crippen molar-refractivity contribution in [3.63, 3.8) is 0 Å². The van der Waals surface area contributed by atoms with Gasteiger partial charge in [0.25, 0.3) is 0 Å². The molecular formula is C14H14ClN3O3. The first kappa shape index (κ1) is 15.1. The molecule has 0 radical (unpaired) electrons. The van der Waals surface area contributed by atoms with E-state index in [0.717, 1.165) is 0 Å². The van der Waals surface area contributed by atoms with Crippen LogP contribution in [0.3, 0.4) is 0 Å². The molecule has 6 nitrogen and oxygen atoms in total. The van der Waals surface area contributed by atoms with Crippen LogP contribution >= 0.6 is 11.6 Å². The van der Waals surface area contributed by atoms with E-state index in [2.05, 4.69) is 5.32 Å². The van der Waals surface area contributed by atoms with E-state index in [1.807, 2.05) is 6.07 Å². The van der Waals surface area contributed by atoms with Crippen molar-refractivity contribution < 1.29 is 14.7 Å². The Balaban J connectivity index is 2.00. The summed E-state index contributed by atoms with van der Waals surface area (Å²) in [6, 6.07) is 6.26. The lowest BCUT2D eigenvalue weighted by atomic mass is 10.1. The number of amides is 2. The third-order valence-corrected chi connectivity index (χ3v) is 3.70. The van der Waals surface area contributed by atoms with Gasteiger partial charge >= 0.3 is 12.0 Å². The number of carboxylic acids is 1. The SMILES string of the molecule is N#Cc1ccc(Cl)c(NC(=O)N2CCC(CC(=O)O)C2)c1. The predicted molar refractivity (Wildman–Crippen MR) is 77.1 cm³/mol. The fourth-order valence-corrected chi connectivity index (χ4v) is 2.48. The number of benzene rings is 1. The van der Waals surface area contributed by atoms with Crippen LogP contribution in [0.1, 0.15) is 18.4 Å². The molecule has 0 bridgehead atoms. The van der Waals surface area contributed by atoms with Gasteiger partial charge in [0, 0.05) is 19.5 Å².